The van der Waals surface area contributed by atoms with Gasteiger partial charge in [-0.2, -0.15) is 0 Å². The molecule has 0 aromatic carbocycles. The Morgan fingerprint density at radius 1 is 1.56 bits per heavy atom. The summed E-state index contributed by atoms with van der Waals surface area (Å²) in [6.45, 7) is 6.83. The van der Waals surface area contributed by atoms with Gasteiger partial charge in [0.1, 0.15) is 6.61 Å². The van der Waals surface area contributed by atoms with Crippen molar-refractivity contribution in [3.63, 3.8) is 0 Å². The lowest BCUT2D eigenvalue weighted by Crippen LogP contribution is -2.36. The quantitative estimate of drug-likeness (QED) is 0.244. The topological polar surface area (TPSA) is 77.0 Å². The van der Waals surface area contributed by atoms with Gasteiger partial charge in [0, 0.05) is 12.3 Å². The minimum atomic E-state index is -0.688. The Bertz CT molecular complexity index is 276. The zero-order valence-electron chi connectivity index (χ0n) is 9.43. The Kier molecular flexibility index (Phi) is 7.48. The summed E-state index contributed by atoms with van der Waals surface area (Å²) in [6, 6.07) is -0.353. The molecule has 0 saturated carbocycles. The molecule has 0 spiro atoms. The average Bonchev–Trinajstić information content (AvgIpc) is 2.26. The number of ether oxygens (including phenoxy) is 1. The van der Waals surface area contributed by atoms with E-state index < -0.39 is 12.1 Å². The summed E-state index contributed by atoms with van der Waals surface area (Å²) in [5.74, 6) is -0.536. The lowest BCUT2D eigenvalue weighted by molar-refractivity contribution is -0.138. The zero-order valence-corrected chi connectivity index (χ0v) is 9.43. The number of nitrogens with one attached hydrogen (secondary N) is 1. The van der Waals surface area contributed by atoms with Crippen molar-refractivity contribution in [2.45, 2.75) is 26.3 Å². The highest BCUT2D eigenvalue weighted by atomic mass is 16.7. The first-order valence-electron chi connectivity index (χ1n) is 4.88. The molecular weight excluding hydrogens is 212 g/mol. The number of hydrogen-bond acceptors (Lipinski definition) is 5. The van der Waals surface area contributed by atoms with Crippen LogP contribution in [0.5, 0.6) is 0 Å². The second kappa shape index (κ2) is 8.46. The third-order valence-electron chi connectivity index (χ3n) is 1.40. The van der Waals surface area contributed by atoms with Gasteiger partial charge < -0.3 is 10.1 Å². The third kappa shape index (κ3) is 7.54. The van der Waals surface area contributed by atoms with Crippen LogP contribution >= 0.6 is 0 Å². The molecule has 0 aliphatic heterocycles. The molecule has 0 aromatic heterocycles. The second-order valence-electron chi connectivity index (χ2n) is 2.95. The predicted octanol–water partition coefficient (Wildman–Crippen LogP) is 1.23. The summed E-state index contributed by atoms with van der Waals surface area (Å²) in [5, 5.41) is 5.83. The fourth-order valence-electron chi connectivity index (χ4n) is 0.695. The van der Waals surface area contributed by atoms with Gasteiger partial charge >= 0.3 is 12.1 Å². The molecule has 0 aromatic rings. The van der Waals surface area contributed by atoms with Gasteiger partial charge in [-0.05, 0) is 13.3 Å². The maximum atomic E-state index is 11.0. The summed E-state index contributed by atoms with van der Waals surface area (Å²) >= 11 is 0. The largest absolute Gasteiger partial charge is 0.460 e. The molecule has 1 atom stereocenters. The highest BCUT2D eigenvalue weighted by Gasteiger charge is 2.09. The molecule has 0 aliphatic carbocycles. The lowest BCUT2D eigenvalue weighted by atomic mass is 10.4. The first kappa shape index (κ1) is 14.2. The third-order valence-corrected chi connectivity index (χ3v) is 1.40. The molecule has 0 heterocycles. The van der Waals surface area contributed by atoms with Crippen LogP contribution in [0.25, 0.3) is 0 Å². The normalized spacial score (nSPS) is 11.9. The summed E-state index contributed by atoms with van der Waals surface area (Å²) in [6.07, 6.45) is 2.50. The molecule has 0 radical (unpaired) electrons. The van der Waals surface area contributed by atoms with E-state index in [1.807, 2.05) is 6.92 Å². The fraction of sp³-hybridized carbons (Fsp3) is 0.500. The number of hydrogen-bond donors (Lipinski definition) is 1. The summed E-state index contributed by atoms with van der Waals surface area (Å²) in [5.41, 5.74) is 0. The standard InChI is InChI=1S/C10H16N2O4/c1-4-6-11-16-10(14)12-8(3)7-15-9(13)5-2/h5-6,8H,2,4,7H2,1,3H3,(H,12,14)/b11-6+. The van der Waals surface area contributed by atoms with Crippen molar-refractivity contribution >= 4 is 18.3 Å². The Labute approximate surface area is 94.3 Å². The number of nitrogens with zero attached hydrogens (tertiary/aromatic N) is 1. The van der Waals surface area contributed by atoms with Crippen molar-refractivity contribution in [2.24, 2.45) is 5.16 Å². The molecule has 1 amide bonds. The van der Waals surface area contributed by atoms with Crippen molar-refractivity contribution in [2.75, 3.05) is 6.61 Å². The first-order chi connectivity index (χ1) is 7.60. The van der Waals surface area contributed by atoms with Crippen LogP contribution in [0.4, 0.5) is 4.79 Å². The van der Waals surface area contributed by atoms with Crippen molar-refractivity contribution in [3.8, 4) is 0 Å². The van der Waals surface area contributed by atoms with Gasteiger partial charge in [0.15, 0.2) is 0 Å². The van der Waals surface area contributed by atoms with Crippen molar-refractivity contribution in [1.82, 2.24) is 5.32 Å². The highest BCUT2D eigenvalue weighted by Crippen LogP contribution is 1.88. The van der Waals surface area contributed by atoms with Gasteiger partial charge in [0.25, 0.3) is 0 Å². The van der Waals surface area contributed by atoms with E-state index in [0.29, 0.717) is 6.42 Å². The van der Waals surface area contributed by atoms with Crippen LogP contribution in [-0.2, 0) is 14.4 Å². The monoisotopic (exact) mass is 228 g/mol. The van der Waals surface area contributed by atoms with Crippen LogP contribution in [-0.4, -0.2) is 30.9 Å². The van der Waals surface area contributed by atoms with E-state index >= 15 is 0 Å². The van der Waals surface area contributed by atoms with E-state index in [-0.39, 0.29) is 12.6 Å². The molecule has 6 heteroatoms. The summed E-state index contributed by atoms with van der Waals surface area (Å²) in [7, 11) is 0. The molecule has 0 fully saturated rings. The van der Waals surface area contributed by atoms with Gasteiger partial charge in [-0.25, -0.2) is 9.59 Å². The Morgan fingerprint density at radius 2 is 2.25 bits per heavy atom. The number of amides is 1. The molecule has 16 heavy (non-hydrogen) atoms. The van der Waals surface area contributed by atoms with Gasteiger partial charge in [0.2, 0.25) is 0 Å². The molecule has 90 valence electrons. The average molecular weight is 228 g/mol. The fourth-order valence-corrected chi connectivity index (χ4v) is 0.695. The summed E-state index contributed by atoms with van der Waals surface area (Å²) < 4.78 is 4.71. The Balaban J connectivity index is 3.73. The lowest BCUT2D eigenvalue weighted by Gasteiger charge is -2.11. The molecule has 0 saturated heterocycles. The van der Waals surface area contributed by atoms with E-state index in [1.165, 1.54) is 6.21 Å². The maximum absolute atomic E-state index is 11.0. The van der Waals surface area contributed by atoms with E-state index in [4.69, 9.17) is 4.74 Å². The van der Waals surface area contributed by atoms with Gasteiger partial charge in [0.05, 0.1) is 6.04 Å². The van der Waals surface area contributed by atoms with Crippen LogP contribution in [0.1, 0.15) is 20.3 Å². The highest BCUT2D eigenvalue weighted by molar-refractivity contribution is 5.81. The van der Waals surface area contributed by atoms with Crippen LogP contribution < -0.4 is 5.32 Å². The van der Waals surface area contributed by atoms with Crippen LogP contribution in [0.3, 0.4) is 0 Å². The minimum Gasteiger partial charge on any atom is -0.460 e. The molecule has 0 rings (SSSR count). The SMILES string of the molecule is C=CC(=O)OCC(C)NC(=O)O/N=C/CC. The molecule has 1 unspecified atom stereocenters. The van der Waals surface area contributed by atoms with Gasteiger partial charge in [-0.3, -0.25) is 4.84 Å². The number of oxime groups is 1. The smallest absolute Gasteiger partial charge is 0.433 e. The van der Waals surface area contributed by atoms with Crippen molar-refractivity contribution in [3.05, 3.63) is 12.7 Å². The molecule has 0 bridgehead atoms. The number of rotatable bonds is 6. The molecule has 6 nitrogen and oxygen atoms in total. The van der Waals surface area contributed by atoms with Crippen molar-refractivity contribution in [1.29, 1.82) is 0 Å². The maximum Gasteiger partial charge on any atom is 0.433 e. The van der Waals surface area contributed by atoms with Crippen LogP contribution in [0.2, 0.25) is 0 Å². The van der Waals surface area contributed by atoms with E-state index in [1.54, 1.807) is 6.92 Å². The second-order valence-corrected chi connectivity index (χ2v) is 2.95. The Hall–Kier alpha value is -1.85. The van der Waals surface area contributed by atoms with E-state index in [9.17, 15) is 9.59 Å². The zero-order chi connectivity index (χ0) is 12.4. The van der Waals surface area contributed by atoms with Crippen LogP contribution in [0.15, 0.2) is 17.8 Å². The molecule has 0 aliphatic rings. The first-order valence-corrected chi connectivity index (χ1v) is 4.88. The van der Waals surface area contributed by atoms with E-state index in [2.05, 4.69) is 21.9 Å². The van der Waals surface area contributed by atoms with E-state index in [0.717, 1.165) is 6.08 Å². The van der Waals surface area contributed by atoms with Crippen molar-refractivity contribution < 1.29 is 19.2 Å². The minimum absolute atomic E-state index is 0.0530. The number of carbonyl (C=O) groups excluding carboxylic acids is 2. The number of esters is 1. The molecular formula is C10H16N2O4. The van der Waals surface area contributed by atoms with Crippen LogP contribution in [0, 0.1) is 0 Å². The summed E-state index contributed by atoms with van der Waals surface area (Å²) in [4.78, 5) is 26.2. The van der Waals surface area contributed by atoms with Gasteiger partial charge in [-0.15, -0.1) is 0 Å². The molecule has 1 N–H and O–H groups in total. The Morgan fingerprint density at radius 3 is 2.81 bits per heavy atom. The van der Waals surface area contributed by atoms with Gasteiger partial charge in [-0.1, -0.05) is 18.7 Å². The predicted molar refractivity (Wildman–Crippen MR) is 59.0 cm³/mol. The number of carbonyl (C=O) groups is 2.